The van der Waals surface area contributed by atoms with Crippen LogP contribution >= 0.6 is 23.4 Å². The molecule has 2 rings (SSSR count). The Labute approximate surface area is 304 Å². The molecule has 0 aliphatic carbocycles. The van der Waals surface area contributed by atoms with Crippen molar-refractivity contribution in [3.63, 3.8) is 0 Å². The highest BCUT2D eigenvalue weighted by molar-refractivity contribution is 8.17. The number of nitrogens with one attached hydrogen (secondary N) is 1. The number of thioether (sulfide) groups is 1. The van der Waals surface area contributed by atoms with Crippen molar-refractivity contribution in [2.24, 2.45) is 5.92 Å². The van der Waals surface area contributed by atoms with Gasteiger partial charge in [-0.3, -0.25) is 14.4 Å². The van der Waals surface area contributed by atoms with E-state index >= 15 is 0 Å². The van der Waals surface area contributed by atoms with Gasteiger partial charge in [0, 0.05) is 20.6 Å². The number of methoxy groups -OCH3 is 4. The standard InChI is InChI=1S/C37H48ClNO10S/c1-10-11-28(33(22-40)50-37(42)39-5)26-12-14-31(29(38)21-26)47-18-19-48-36-34(41)24(3)30(15-13-27(45-8)16-17-43-6)49-35(36)23(2)20-32(46-9)25(4)44-7/h12,14-16,20-22,24H,10-11,13,17-19H2,1-9H3,(H,39,42)/b23-20+,27-16+,30-15+,32-25-,33-28-. The number of ketones is 1. The van der Waals surface area contributed by atoms with Gasteiger partial charge in [0.25, 0.3) is 5.24 Å². The number of benzene rings is 1. The first kappa shape index (κ1) is 42.0. The minimum Gasteiger partial charge on any atom is -0.501 e. The second-order valence-electron chi connectivity index (χ2n) is 10.8. The zero-order chi connectivity index (χ0) is 37.2. The van der Waals surface area contributed by atoms with Crippen LogP contribution in [-0.4, -0.2) is 72.6 Å². The highest BCUT2D eigenvalue weighted by Crippen LogP contribution is 2.36. The van der Waals surface area contributed by atoms with Gasteiger partial charge in [-0.1, -0.05) is 31.0 Å². The fourth-order valence-corrected chi connectivity index (χ4v) is 5.60. The van der Waals surface area contributed by atoms with Crippen LogP contribution in [0.5, 0.6) is 5.75 Å². The Balaban J connectivity index is 2.37. The van der Waals surface area contributed by atoms with Gasteiger partial charge in [-0.05, 0) is 86.0 Å². The molecule has 1 heterocycles. The summed E-state index contributed by atoms with van der Waals surface area (Å²) >= 11 is 7.43. The summed E-state index contributed by atoms with van der Waals surface area (Å²) in [6, 6.07) is 5.17. The Hall–Kier alpha value is -4.13. The van der Waals surface area contributed by atoms with Crippen molar-refractivity contribution in [1.82, 2.24) is 5.32 Å². The minimum atomic E-state index is -0.633. The monoisotopic (exact) mass is 733 g/mol. The van der Waals surface area contributed by atoms with Crippen LogP contribution in [0.25, 0.3) is 5.57 Å². The summed E-state index contributed by atoms with van der Waals surface area (Å²) in [4.78, 5) is 37.9. The average Bonchev–Trinajstić information content (AvgIpc) is 3.12. The number of Topliss-reactive ketones (excluding diaryl/α,β-unsaturated/α-hetero) is 1. The van der Waals surface area contributed by atoms with Gasteiger partial charge in [0.1, 0.15) is 30.5 Å². The van der Waals surface area contributed by atoms with Gasteiger partial charge >= 0.3 is 0 Å². The molecule has 1 atom stereocenters. The number of hydrogen-bond donors (Lipinski definition) is 1. The van der Waals surface area contributed by atoms with Gasteiger partial charge in [0.05, 0.1) is 49.5 Å². The normalized spacial score (nSPS) is 17.0. The van der Waals surface area contributed by atoms with Crippen LogP contribution in [0.15, 0.2) is 81.5 Å². The van der Waals surface area contributed by atoms with Crippen molar-refractivity contribution >= 4 is 46.2 Å². The van der Waals surface area contributed by atoms with Crippen molar-refractivity contribution in [3.05, 3.63) is 92.0 Å². The van der Waals surface area contributed by atoms with Gasteiger partial charge in [-0.2, -0.15) is 0 Å². The molecule has 274 valence electrons. The fraction of sp³-hybridized carbons (Fsp3) is 0.432. The first-order valence-corrected chi connectivity index (χ1v) is 17.2. The van der Waals surface area contributed by atoms with E-state index in [9.17, 15) is 14.4 Å². The summed E-state index contributed by atoms with van der Waals surface area (Å²) in [6.45, 7) is 7.71. The van der Waals surface area contributed by atoms with Crippen LogP contribution in [0.4, 0.5) is 4.79 Å². The zero-order valence-electron chi connectivity index (χ0n) is 30.2. The number of hydrogen-bond acceptors (Lipinski definition) is 11. The molecule has 1 amide bonds. The van der Waals surface area contributed by atoms with E-state index in [0.717, 1.165) is 18.2 Å². The van der Waals surface area contributed by atoms with Gasteiger partial charge in [-0.15, -0.1) is 0 Å². The number of aldehydes is 1. The second-order valence-corrected chi connectivity index (χ2v) is 12.3. The van der Waals surface area contributed by atoms with Crippen LogP contribution in [0.1, 0.15) is 52.5 Å². The third-order valence-electron chi connectivity index (χ3n) is 7.47. The van der Waals surface area contributed by atoms with E-state index < -0.39 is 5.92 Å². The Morgan fingerprint density at radius 1 is 1.08 bits per heavy atom. The van der Waals surface area contributed by atoms with Crippen molar-refractivity contribution in [1.29, 1.82) is 0 Å². The molecule has 50 heavy (non-hydrogen) atoms. The maximum absolute atomic E-state index is 13.7. The number of amides is 1. The Bertz CT molecular complexity index is 1560. The number of halogens is 1. The zero-order valence-corrected chi connectivity index (χ0v) is 31.8. The molecule has 1 aromatic rings. The van der Waals surface area contributed by atoms with Crippen molar-refractivity contribution in [3.8, 4) is 5.75 Å². The van der Waals surface area contributed by atoms with E-state index in [4.69, 9.17) is 44.8 Å². The molecule has 1 aliphatic heterocycles. The van der Waals surface area contributed by atoms with Gasteiger partial charge in [0.15, 0.2) is 17.8 Å². The maximum atomic E-state index is 13.7. The lowest BCUT2D eigenvalue weighted by atomic mass is 9.96. The predicted molar refractivity (Wildman–Crippen MR) is 195 cm³/mol. The number of ether oxygens (including phenoxy) is 7. The molecule has 13 heteroatoms. The minimum absolute atomic E-state index is 0.00175. The molecule has 11 nitrogen and oxygen atoms in total. The molecule has 1 N–H and O–H groups in total. The third kappa shape index (κ3) is 12.0. The summed E-state index contributed by atoms with van der Waals surface area (Å²) in [5, 5.41) is 2.49. The fourth-order valence-electron chi connectivity index (χ4n) is 4.67. The second kappa shape index (κ2) is 21.8. The lowest BCUT2D eigenvalue weighted by Gasteiger charge is -2.27. The highest BCUT2D eigenvalue weighted by Gasteiger charge is 2.35. The first-order valence-electron chi connectivity index (χ1n) is 16.0. The van der Waals surface area contributed by atoms with E-state index in [-0.39, 0.29) is 35.8 Å². The van der Waals surface area contributed by atoms with Crippen LogP contribution in [0.2, 0.25) is 5.02 Å². The van der Waals surface area contributed by atoms with Crippen LogP contribution in [0.3, 0.4) is 0 Å². The largest absolute Gasteiger partial charge is 0.501 e. The molecule has 0 saturated heterocycles. The maximum Gasteiger partial charge on any atom is 0.283 e. The van der Waals surface area contributed by atoms with E-state index in [1.807, 2.05) is 13.0 Å². The van der Waals surface area contributed by atoms with Crippen LogP contribution < -0.4 is 10.1 Å². The average molecular weight is 734 g/mol. The van der Waals surface area contributed by atoms with E-state index in [2.05, 4.69) is 5.32 Å². The number of rotatable bonds is 19. The van der Waals surface area contributed by atoms with Crippen molar-refractivity contribution < 1.29 is 47.5 Å². The molecule has 0 aromatic heterocycles. The van der Waals surface area contributed by atoms with Crippen LogP contribution in [0, 0.1) is 5.92 Å². The van der Waals surface area contributed by atoms with E-state index in [1.165, 1.54) is 21.3 Å². The number of allylic oxidation sites excluding steroid dienone is 8. The van der Waals surface area contributed by atoms with Gasteiger partial charge < -0.3 is 38.5 Å². The molecule has 0 saturated carbocycles. The first-order chi connectivity index (χ1) is 24.0. The summed E-state index contributed by atoms with van der Waals surface area (Å²) in [7, 11) is 7.73. The molecule has 1 aromatic carbocycles. The summed E-state index contributed by atoms with van der Waals surface area (Å²) < 4.78 is 39.7. The SMILES string of the molecule is CCC/C(=C(\C=O)SC(=O)NC)c1ccc(OCCOC2=C(/C(C)=C/C(OC)=C(\C)OC)O/C(=C/C/C(=C\COC)OC)C(C)C2=O)c(Cl)c1. The summed E-state index contributed by atoms with van der Waals surface area (Å²) in [6.07, 6.45) is 7.71. The summed E-state index contributed by atoms with van der Waals surface area (Å²) in [5.74, 6) is 1.86. The van der Waals surface area contributed by atoms with Crippen molar-refractivity contribution in [2.75, 3.05) is 55.3 Å². The Morgan fingerprint density at radius 3 is 2.38 bits per heavy atom. The quantitative estimate of drug-likeness (QED) is 0.0490. The molecular weight excluding hydrogens is 686 g/mol. The summed E-state index contributed by atoms with van der Waals surface area (Å²) in [5.41, 5.74) is 1.99. The van der Waals surface area contributed by atoms with Gasteiger partial charge in [0.2, 0.25) is 11.5 Å². The number of carbonyl (C=O) groups is 3. The predicted octanol–water partition coefficient (Wildman–Crippen LogP) is 7.89. The highest BCUT2D eigenvalue weighted by atomic mass is 35.5. The van der Waals surface area contributed by atoms with E-state index in [0.29, 0.717) is 81.2 Å². The molecule has 0 radical (unpaired) electrons. The Kier molecular flexibility index (Phi) is 18.4. The molecular formula is C37H48ClNO10S. The molecule has 1 unspecified atom stereocenters. The number of carbonyl (C=O) groups excluding carboxylic acids is 3. The Morgan fingerprint density at radius 2 is 1.80 bits per heavy atom. The van der Waals surface area contributed by atoms with E-state index in [1.54, 1.807) is 65.3 Å². The topological polar surface area (TPSA) is 128 Å². The molecule has 0 spiro atoms. The van der Waals surface area contributed by atoms with Crippen molar-refractivity contribution in [2.45, 2.75) is 47.0 Å². The van der Waals surface area contributed by atoms with Crippen LogP contribution in [-0.2, 0) is 38.0 Å². The molecule has 0 bridgehead atoms. The lowest BCUT2D eigenvalue weighted by Crippen LogP contribution is -2.27. The third-order valence-corrected chi connectivity index (χ3v) is 8.72. The smallest absolute Gasteiger partial charge is 0.283 e. The van der Waals surface area contributed by atoms with Gasteiger partial charge in [-0.25, -0.2) is 0 Å². The lowest BCUT2D eigenvalue weighted by molar-refractivity contribution is -0.124. The molecule has 1 aliphatic rings. The molecule has 0 fully saturated rings.